The Hall–Kier alpha value is -3.56. The van der Waals surface area contributed by atoms with Gasteiger partial charge in [0.1, 0.15) is 12.6 Å². The minimum atomic E-state index is -4.24. The van der Waals surface area contributed by atoms with Gasteiger partial charge >= 0.3 is 0 Å². The fourth-order valence-corrected chi connectivity index (χ4v) is 6.75. The van der Waals surface area contributed by atoms with E-state index in [0.717, 1.165) is 15.4 Å². The van der Waals surface area contributed by atoms with Crippen LogP contribution in [-0.4, -0.2) is 43.8 Å². The highest BCUT2D eigenvalue weighted by atomic mass is 35.5. The number of benzene rings is 4. The Kier molecular flexibility index (Phi) is 11.6. The SMILES string of the molecule is Cc1ccc(N(CC(=O)N(Cc2ccc(Cl)cc2Cl)C(Cc2ccccc2)C(=O)NC(C)C)S(=O)(=O)c2ccc(Cl)cc2)cc1. The number of sulfonamides is 1. The quantitative estimate of drug-likeness (QED) is 0.169. The zero-order chi connectivity index (χ0) is 32.7. The molecule has 1 unspecified atom stereocenters. The Bertz CT molecular complexity index is 1730. The predicted octanol–water partition coefficient (Wildman–Crippen LogP) is 7.32. The average molecular weight is 687 g/mol. The molecule has 2 amide bonds. The van der Waals surface area contributed by atoms with Crippen LogP contribution < -0.4 is 9.62 Å². The molecule has 7 nitrogen and oxygen atoms in total. The maximum Gasteiger partial charge on any atom is 0.264 e. The van der Waals surface area contributed by atoms with Crippen LogP contribution in [0.1, 0.15) is 30.5 Å². The van der Waals surface area contributed by atoms with E-state index in [9.17, 15) is 18.0 Å². The van der Waals surface area contributed by atoms with Gasteiger partial charge in [0.15, 0.2) is 0 Å². The fraction of sp³-hybridized carbons (Fsp3) is 0.235. The highest BCUT2D eigenvalue weighted by molar-refractivity contribution is 7.92. The summed E-state index contributed by atoms with van der Waals surface area (Å²) >= 11 is 18.7. The van der Waals surface area contributed by atoms with E-state index in [1.807, 2.05) is 51.1 Å². The van der Waals surface area contributed by atoms with Gasteiger partial charge in [-0.05, 0) is 80.4 Å². The number of carbonyl (C=O) groups is 2. The predicted molar refractivity (Wildman–Crippen MR) is 181 cm³/mol. The second-order valence-electron chi connectivity index (χ2n) is 10.9. The van der Waals surface area contributed by atoms with Crippen LogP contribution in [0.5, 0.6) is 0 Å². The molecular weight excluding hydrogens is 653 g/mol. The third kappa shape index (κ3) is 9.01. The van der Waals surface area contributed by atoms with Crippen LogP contribution in [-0.2, 0) is 32.6 Å². The molecule has 1 atom stereocenters. The standard InChI is InChI=1S/C34H34Cl3N3O4S/c1-23(2)38-34(42)32(19-25-7-5-4-6-8-25)39(21-26-11-12-28(36)20-31(26)37)33(41)22-40(29-15-9-24(3)10-16-29)45(43,44)30-17-13-27(35)14-18-30/h4-18,20,23,32H,19,21-22H2,1-3H3,(H,38,42). The molecule has 4 aromatic rings. The molecule has 0 saturated heterocycles. The van der Waals surface area contributed by atoms with Crippen molar-refractivity contribution in [1.82, 2.24) is 10.2 Å². The van der Waals surface area contributed by atoms with E-state index in [2.05, 4.69) is 5.32 Å². The second kappa shape index (κ2) is 15.1. The maximum absolute atomic E-state index is 14.5. The number of carbonyl (C=O) groups excluding carboxylic acids is 2. The van der Waals surface area contributed by atoms with Gasteiger partial charge in [-0.15, -0.1) is 0 Å². The summed E-state index contributed by atoms with van der Waals surface area (Å²) in [6.45, 7) is 4.89. The van der Waals surface area contributed by atoms with Crippen LogP contribution in [0, 0.1) is 6.92 Å². The first-order valence-electron chi connectivity index (χ1n) is 14.3. The molecule has 0 fully saturated rings. The van der Waals surface area contributed by atoms with E-state index in [1.165, 1.54) is 29.2 Å². The van der Waals surface area contributed by atoms with Gasteiger partial charge in [0, 0.05) is 34.1 Å². The molecule has 0 aliphatic rings. The van der Waals surface area contributed by atoms with E-state index in [4.69, 9.17) is 34.8 Å². The summed E-state index contributed by atoms with van der Waals surface area (Å²) in [7, 11) is -4.24. The molecule has 1 N–H and O–H groups in total. The van der Waals surface area contributed by atoms with E-state index in [1.54, 1.807) is 42.5 Å². The van der Waals surface area contributed by atoms with Gasteiger partial charge in [-0.3, -0.25) is 13.9 Å². The average Bonchev–Trinajstić information content (AvgIpc) is 2.99. The smallest absolute Gasteiger partial charge is 0.264 e. The summed E-state index contributed by atoms with van der Waals surface area (Å²) in [5.74, 6) is -0.978. The normalized spacial score (nSPS) is 12.1. The Balaban J connectivity index is 1.82. The summed E-state index contributed by atoms with van der Waals surface area (Å²) in [5.41, 5.74) is 2.58. The van der Waals surface area contributed by atoms with E-state index in [-0.39, 0.29) is 29.8 Å². The number of nitrogens with one attached hydrogen (secondary N) is 1. The second-order valence-corrected chi connectivity index (χ2v) is 14.1. The van der Waals surface area contributed by atoms with Crippen LogP contribution in [0.3, 0.4) is 0 Å². The molecule has 0 aliphatic carbocycles. The lowest BCUT2D eigenvalue weighted by atomic mass is 10.0. The first-order chi connectivity index (χ1) is 21.3. The van der Waals surface area contributed by atoms with Crippen molar-refractivity contribution in [2.24, 2.45) is 0 Å². The van der Waals surface area contributed by atoms with Gasteiger partial charge in [0.05, 0.1) is 10.6 Å². The van der Waals surface area contributed by atoms with Crippen molar-refractivity contribution in [3.05, 3.63) is 129 Å². The lowest BCUT2D eigenvalue weighted by Crippen LogP contribution is -2.54. The summed E-state index contributed by atoms with van der Waals surface area (Å²) in [6, 6.07) is 25.6. The van der Waals surface area contributed by atoms with Crippen molar-refractivity contribution in [3.8, 4) is 0 Å². The van der Waals surface area contributed by atoms with Crippen molar-refractivity contribution in [2.45, 2.75) is 50.7 Å². The Morgan fingerprint density at radius 2 is 1.44 bits per heavy atom. The van der Waals surface area contributed by atoms with Crippen molar-refractivity contribution in [3.63, 3.8) is 0 Å². The molecule has 236 valence electrons. The van der Waals surface area contributed by atoms with Crippen LogP contribution in [0.2, 0.25) is 15.1 Å². The van der Waals surface area contributed by atoms with Gasteiger partial charge in [-0.2, -0.15) is 0 Å². The molecular formula is C34H34Cl3N3O4S. The molecule has 0 spiro atoms. The van der Waals surface area contributed by atoms with Gasteiger partial charge in [-0.1, -0.05) is 88.9 Å². The van der Waals surface area contributed by atoms with Crippen LogP contribution in [0.15, 0.2) is 102 Å². The monoisotopic (exact) mass is 685 g/mol. The van der Waals surface area contributed by atoms with Gasteiger partial charge < -0.3 is 10.2 Å². The van der Waals surface area contributed by atoms with Gasteiger partial charge in [0.2, 0.25) is 11.8 Å². The van der Waals surface area contributed by atoms with Crippen LogP contribution >= 0.6 is 34.8 Å². The Morgan fingerprint density at radius 1 is 0.822 bits per heavy atom. The number of halogens is 3. The van der Waals surface area contributed by atoms with Gasteiger partial charge in [0.25, 0.3) is 10.0 Å². The molecule has 0 heterocycles. The first kappa shape index (κ1) is 34.3. The molecule has 45 heavy (non-hydrogen) atoms. The number of amides is 2. The van der Waals surface area contributed by atoms with E-state index >= 15 is 0 Å². The van der Waals surface area contributed by atoms with Crippen LogP contribution in [0.4, 0.5) is 5.69 Å². The lowest BCUT2D eigenvalue weighted by Gasteiger charge is -2.34. The minimum absolute atomic E-state index is 0.0362. The number of hydrogen-bond acceptors (Lipinski definition) is 4. The summed E-state index contributed by atoms with van der Waals surface area (Å²) in [6.07, 6.45) is 0.185. The molecule has 0 bridgehead atoms. The third-order valence-electron chi connectivity index (χ3n) is 7.06. The summed E-state index contributed by atoms with van der Waals surface area (Å²) in [5, 5.41) is 4.03. The van der Waals surface area contributed by atoms with Crippen molar-refractivity contribution < 1.29 is 18.0 Å². The number of aryl methyl sites for hydroxylation is 1. The molecule has 0 radical (unpaired) electrons. The largest absolute Gasteiger partial charge is 0.352 e. The number of rotatable bonds is 12. The lowest BCUT2D eigenvalue weighted by molar-refractivity contribution is -0.140. The Morgan fingerprint density at radius 3 is 2.04 bits per heavy atom. The highest BCUT2D eigenvalue weighted by Crippen LogP contribution is 2.28. The van der Waals surface area contributed by atoms with Gasteiger partial charge in [-0.25, -0.2) is 8.42 Å². The molecule has 0 aliphatic heterocycles. The third-order valence-corrected chi connectivity index (χ3v) is 9.69. The molecule has 4 rings (SSSR count). The van der Waals surface area contributed by atoms with Crippen molar-refractivity contribution in [2.75, 3.05) is 10.8 Å². The summed E-state index contributed by atoms with van der Waals surface area (Å²) in [4.78, 5) is 29.6. The van der Waals surface area contributed by atoms with E-state index in [0.29, 0.717) is 26.3 Å². The highest BCUT2D eigenvalue weighted by Gasteiger charge is 2.35. The van der Waals surface area contributed by atoms with Crippen molar-refractivity contribution >= 4 is 62.3 Å². The first-order valence-corrected chi connectivity index (χ1v) is 16.8. The zero-order valence-electron chi connectivity index (χ0n) is 25.1. The van der Waals surface area contributed by atoms with Crippen molar-refractivity contribution in [1.29, 1.82) is 0 Å². The molecule has 11 heteroatoms. The summed E-state index contributed by atoms with van der Waals surface area (Å²) < 4.78 is 29.2. The number of nitrogens with zero attached hydrogens (tertiary/aromatic N) is 2. The zero-order valence-corrected chi connectivity index (χ0v) is 28.2. The fourth-order valence-electron chi connectivity index (χ4n) is 4.74. The van der Waals surface area contributed by atoms with Crippen LogP contribution in [0.25, 0.3) is 0 Å². The van der Waals surface area contributed by atoms with E-state index < -0.39 is 28.5 Å². The Labute approximate surface area is 279 Å². The molecule has 4 aromatic carbocycles. The molecule has 0 aromatic heterocycles. The number of anilines is 1. The minimum Gasteiger partial charge on any atom is -0.352 e. The molecule has 0 saturated carbocycles. The number of hydrogen-bond donors (Lipinski definition) is 1. The maximum atomic E-state index is 14.5. The topological polar surface area (TPSA) is 86.8 Å².